The van der Waals surface area contributed by atoms with Crippen molar-refractivity contribution in [1.82, 2.24) is 0 Å². The van der Waals surface area contributed by atoms with Gasteiger partial charge in [-0.25, -0.2) is 4.79 Å². The molecule has 0 heterocycles. The van der Waals surface area contributed by atoms with E-state index in [1.54, 1.807) is 18.2 Å². The summed E-state index contributed by atoms with van der Waals surface area (Å²) in [6, 6.07) is 17.9. The molecule has 0 saturated carbocycles. The number of aliphatic hydroxyl groups is 2. The summed E-state index contributed by atoms with van der Waals surface area (Å²) in [5.74, 6) is -0.617. The maximum atomic E-state index is 12.2. The normalized spacial score (nSPS) is 9.76. The molecule has 0 fully saturated rings. The molecule has 4 aromatic carbocycles. The number of para-hydroxylation sites is 2. The van der Waals surface area contributed by atoms with Crippen LogP contribution < -0.4 is 4.74 Å². The van der Waals surface area contributed by atoms with Crippen molar-refractivity contribution in [2.45, 2.75) is 19.8 Å². The third-order valence-corrected chi connectivity index (χ3v) is 7.40. The molecule has 0 spiro atoms. The monoisotopic (exact) mass is 796 g/mol. The van der Waals surface area contributed by atoms with Gasteiger partial charge in [-0.05, 0) is 48.0 Å². The molecule has 18 heteroatoms. The summed E-state index contributed by atoms with van der Waals surface area (Å²) in [7, 11) is 1.39. The summed E-state index contributed by atoms with van der Waals surface area (Å²) in [4.78, 5) is 43.3. The molecule has 0 aliphatic rings. The molecule has 262 valence electrons. The third kappa shape index (κ3) is 12.6. The number of methoxy groups -OCH3 is 1. The van der Waals surface area contributed by atoms with Gasteiger partial charge in [0, 0.05) is 29.1 Å². The minimum absolute atomic E-state index is 0.0324. The quantitative estimate of drug-likeness (QED) is 0.0545. The lowest BCUT2D eigenvalue weighted by atomic mass is 10.1. The predicted octanol–water partition coefficient (Wildman–Crippen LogP) is 9.07. The van der Waals surface area contributed by atoms with Gasteiger partial charge in [0.05, 0.1) is 67.5 Å². The maximum Gasteiger partial charge on any atom is 0.340 e. The van der Waals surface area contributed by atoms with E-state index in [0.29, 0.717) is 10.6 Å². The Bertz CT molecular complexity index is 1780. The van der Waals surface area contributed by atoms with Crippen LogP contribution in [0.1, 0.15) is 37.4 Å². The fraction of sp³-hybridized carbons (Fsp3) is 0.161. The number of nitrogens with zero attached hydrogens (tertiary/aromatic N) is 2. The van der Waals surface area contributed by atoms with Crippen molar-refractivity contribution in [3.63, 3.8) is 0 Å². The van der Waals surface area contributed by atoms with Gasteiger partial charge in [0.1, 0.15) is 6.61 Å². The molecule has 0 aromatic heterocycles. The summed E-state index contributed by atoms with van der Waals surface area (Å²) in [5, 5.41) is 39.3. The van der Waals surface area contributed by atoms with Crippen molar-refractivity contribution in [1.29, 1.82) is 0 Å². The molecule has 4 rings (SSSR count). The Morgan fingerprint density at radius 1 is 0.694 bits per heavy atom. The average Bonchev–Trinajstić information content (AvgIpc) is 3.10. The predicted molar refractivity (Wildman–Crippen MR) is 189 cm³/mol. The number of benzene rings is 4. The highest BCUT2D eigenvalue weighted by atomic mass is 35.5. The summed E-state index contributed by atoms with van der Waals surface area (Å²) >= 11 is 33.3. The van der Waals surface area contributed by atoms with E-state index in [0.717, 1.165) is 0 Å². The summed E-state index contributed by atoms with van der Waals surface area (Å²) in [5.41, 5.74) is 0.590. The van der Waals surface area contributed by atoms with Crippen LogP contribution in [-0.4, -0.2) is 44.8 Å². The minimum Gasteiger partial charge on any atom is -0.494 e. The van der Waals surface area contributed by atoms with Gasteiger partial charge in [0.2, 0.25) is 0 Å². The van der Waals surface area contributed by atoms with Gasteiger partial charge >= 0.3 is 5.97 Å². The highest BCUT2D eigenvalue weighted by Crippen LogP contribution is 2.34. The van der Waals surface area contributed by atoms with Crippen LogP contribution in [0.25, 0.3) is 0 Å². The molecule has 0 radical (unpaired) electrons. The number of hydrogen-bond donors (Lipinski definition) is 2. The second kappa shape index (κ2) is 22.1. The van der Waals surface area contributed by atoms with E-state index < -0.39 is 27.7 Å². The highest BCUT2D eigenvalue weighted by Gasteiger charge is 2.21. The van der Waals surface area contributed by atoms with E-state index in [9.17, 15) is 34.9 Å². The second-order valence-electron chi connectivity index (χ2n) is 8.76. The van der Waals surface area contributed by atoms with Crippen LogP contribution >= 0.6 is 69.6 Å². The smallest absolute Gasteiger partial charge is 0.340 e. The number of carbonyl (C=O) groups excluding carboxylic acids is 2. The molecule has 2 N–H and O–H groups in total. The van der Waals surface area contributed by atoms with Crippen molar-refractivity contribution >= 4 is 92.2 Å². The lowest BCUT2D eigenvalue weighted by Gasteiger charge is -2.11. The topological polar surface area (TPSA) is 179 Å². The molecule has 12 nitrogen and oxygen atoms in total. The Morgan fingerprint density at radius 2 is 1.14 bits per heavy atom. The largest absolute Gasteiger partial charge is 0.494 e. The lowest BCUT2D eigenvalue weighted by molar-refractivity contribution is -0.386. The van der Waals surface area contributed by atoms with Crippen LogP contribution in [0.2, 0.25) is 20.1 Å². The molecule has 4 aromatic rings. The zero-order chi connectivity index (χ0) is 37.3. The van der Waals surface area contributed by atoms with Crippen molar-refractivity contribution in [3.05, 3.63) is 141 Å². The Morgan fingerprint density at radius 3 is 1.57 bits per heavy atom. The molecule has 0 atom stereocenters. The number of nitro groups is 2. The fourth-order valence-electron chi connectivity index (χ4n) is 3.73. The number of aliphatic hydroxyl groups excluding tert-OH is 2. The van der Waals surface area contributed by atoms with E-state index in [2.05, 4.69) is 11.6 Å². The van der Waals surface area contributed by atoms with Crippen molar-refractivity contribution < 1.29 is 39.1 Å². The first-order chi connectivity index (χ1) is 23.3. The highest BCUT2D eigenvalue weighted by molar-refractivity contribution is 6.69. The van der Waals surface area contributed by atoms with Crippen molar-refractivity contribution in [3.8, 4) is 5.75 Å². The molecular formula is C31H26Cl6N2O10. The van der Waals surface area contributed by atoms with Crippen molar-refractivity contribution in [2.24, 2.45) is 0 Å². The second-order valence-corrected chi connectivity index (χ2v) is 10.7. The van der Waals surface area contributed by atoms with Gasteiger partial charge in [0.15, 0.2) is 5.75 Å². The number of alkyl halides is 1. The third-order valence-electron chi connectivity index (χ3n) is 5.93. The van der Waals surface area contributed by atoms with E-state index >= 15 is 0 Å². The molecule has 49 heavy (non-hydrogen) atoms. The van der Waals surface area contributed by atoms with Crippen LogP contribution in [0.5, 0.6) is 5.75 Å². The number of carbonyl (C=O) groups is 2. The first-order valence-electron chi connectivity index (χ1n) is 13.2. The molecule has 0 aliphatic heterocycles. The van der Waals surface area contributed by atoms with Gasteiger partial charge < -0.3 is 19.7 Å². The van der Waals surface area contributed by atoms with Crippen LogP contribution in [0.4, 0.5) is 11.4 Å². The summed E-state index contributed by atoms with van der Waals surface area (Å²) in [6.45, 7) is -1.09. The van der Waals surface area contributed by atoms with E-state index in [1.807, 2.05) is 0 Å². The number of esters is 1. The maximum absolute atomic E-state index is 12.2. The van der Waals surface area contributed by atoms with E-state index in [-0.39, 0.29) is 67.7 Å². The Balaban J connectivity index is 0.000000391. The zero-order valence-corrected chi connectivity index (χ0v) is 29.9. The van der Waals surface area contributed by atoms with E-state index in [4.69, 9.17) is 72.6 Å². The number of halogens is 6. The molecule has 0 saturated heterocycles. The number of rotatable bonds is 9. The molecule has 0 aliphatic carbocycles. The molecular weight excluding hydrogens is 773 g/mol. The molecule has 0 unspecified atom stereocenters. The van der Waals surface area contributed by atoms with Gasteiger partial charge in [-0.3, -0.25) is 25.0 Å². The fourth-order valence-corrected chi connectivity index (χ4v) is 4.91. The SMILES string of the molecule is CCl.COc1c(Cl)ccc(Cl)c1C(=O)Cl.O=C(OCc1ccccc1[N+](=O)[O-])c1c(Cl)ccc(Cl)c1CO.O=[N+]([O-])c1ccccc1CO. The van der Waals surface area contributed by atoms with Gasteiger partial charge in [-0.2, -0.15) is 0 Å². The van der Waals surface area contributed by atoms with Gasteiger partial charge in [-0.1, -0.05) is 70.7 Å². The zero-order valence-electron chi connectivity index (χ0n) is 25.4. The minimum atomic E-state index is -0.820. The summed E-state index contributed by atoms with van der Waals surface area (Å²) < 4.78 is 9.98. The van der Waals surface area contributed by atoms with Crippen molar-refractivity contribution in [2.75, 3.05) is 13.5 Å². The van der Waals surface area contributed by atoms with Crippen LogP contribution in [0.3, 0.4) is 0 Å². The lowest BCUT2D eigenvalue weighted by Crippen LogP contribution is -2.10. The van der Waals surface area contributed by atoms with E-state index in [1.165, 1.54) is 68.1 Å². The standard InChI is InChI=1S/C15H11Cl2NO5.C8H5Cl3O2.C7H7NO3.CH3Cl/c16-11-5-6-12(17)14(10(11)7-19)15(20)23-8-9-3-1-2-4-13(9)18(21)22;1-13-7-5(10)3-2-4(9)6(7)8(11)12;9-5-6-3-1-2-4-7(6)8(10)11;1-2/h1-6,19H,7-8H2;2-3H,1H3;1-4,9H,5H2;1H3. The number of hydrogen-bond acceptors (Lipinski definition) is 10. The Kier molecular flexibility index (Phi) is 19.5. The Labute approximate surface area is 309 Å². The van der Waals surface area contributed by atoms with Crippen LogP contribution in [0, 0.1) is 20.2 Å². The number of ether oxygens (including phenoxy) is 2. The average molecular weight is 799 g/mol. The molecule has 0 amide bonds. The van der Waals surface area contributed by atoms with Crippen LogP contribution in [-0.2, 0) is 24.6 Å². The van der Waals surface area contributed by atoms with Gasteiger partial charge in [-0.15, -0.1) is 11.6 Å². The first kappa shape index (κ1) is 43.3. The summed E-state index contributed by atoms with van der Waals surface area (Å²) in [6.07, 6.45) is 1.47. The first-order valence-corrected chi connectivity index (χ1v) is 15.8. The van der Waals surface area contributed by atoms with Gasteiger partial charge in [0.25, 0.3) is 16.6 Å². The Hall–Kier alpha value is -3.72. The van der Waals surface area contributed by atoms with Crippen LogP contribution in [0.15, 0.2) is 72.8 Å². The molecule has 0 bridgehead atoms. The number of nitro benzene ring substituents is 2.